The molecule has 1 amide bonds. The SMILES string of the molecule is COc1cc(OB(O)O)ccc1NC(=O)CCc1ccccc1. The summed E-state index contributed by atoms with van der Waals surface area (Å²) in [6.07, 6.45) is 0.994. The number of hydrogen-bond acceptors (Lipinski definition) is 5. The second-order valence-electron chi connectivity index (χ2n) is 4.84. The normalized spacial score (nSPS) is 10.0. The van der Waals surface area contributed by atoms with Crippen molar-refractivity contribution in [3.8, 4) is 11.5 Å². The number of hydrogen-bond donors (Lipinski definition) is 3. The van der Waals surface area contributed by atoms with E-state index < -0.39 is 7.32 Å². The lowest BCUT2D eigenvalue weighted by Crippen LogP contribution is -2.20. The number of methoxy groups -OCH3 is 1. The number of carbonyl (C=O) groups is 1. The van der Waals surface area contributed by atoms with Crippen LogP contribution in [-0.2, 0) is 11.2 Å². The van der Waals surface area contributed by atoms with Crippen molar-refractivity contribution in [1.82, 2.24) is 0 Å². The monoisotopic (exact) mass is 315 g/mol. The maximum absolute atomic E-state index is 12.0. The summed E-state index contributed by atoms with van der Waals surface area (Å²) >= 11 is 0. The Kier molecular flexibility index (Phi) is 6.02. The lowest BCUT2D eigenvalue weighted by atomic mass is 10.1. The average Bonchev–Trinajstić information content (AvgIpc) is 2.55. The Morgan fingerprint density at radius 1 is 1.17 bits per heavy atom. The van der Waals surface area contributed by atoms with Crippen molar-refractivity contribution < 1.29 is 24.2 Å². The molecule has 0 saturated heterocycles. The molecule has 0 aromatic heterocycles. The van der Waals surface area contributed by atoms with Crippen molar-refractivity contribution in [3.63, 3.8) is 0 Å². The molecule has 2 aromatic carbocycles. The second-order valence-corrected chi connectivity index (χ2v) is 4.84. The second kappa shape index (κ2) is 8.21. The molecule has 0 heterocycles. The average molecular weight is 315 g/mol. The molecule has 2 rings (SSSR count). The van der Waals surface area contributed by atoms with Crippen molar-refractivity contribution in [1.29, 1.82) is 0 Å². The van der Waals surface area contributed by atoms with Crippen LogP contribution < -0.4 is 14.7 Å². The summed E-state index contributed by atoms with van der Waals surface area (Å²) in [4.78, 5) is 12.0. The molecule has 0 unspecified atom stereocenters. The van der Waals surface area contributed by atoms with E-state index >= 15 is 0 Å². The number of nitrogens with one attached hydrogen (secondary N) is 1. The van der Waals surface area contributed by atoms with Gasteiger partial charge in [-0.1, -0.05) is 30.3 Å². The summed E-state index contributed by atoms with van der Waals surface area (Å²) in [6, 6.07) is 14.3. The Morgan fingerprint density at radius 3 is 2.57 bits per heavy atom. The van der Waals surface area contributed by atoms with Gasteiger partial charge >= 0.3 is 7.32 Å². The molecule has 6 nitrogen and oxygen atoms in total. The van der Waals surface area contributed by atoms with E-state index in [1.54, 1.807) is 6.07 Å². The Hall–Kier alpha value is -2.51. The minimum Gasteiger partial charge on any atom is -0.512 e. The zero-order valence-electron chi connectivity index (χ0n) is 12.7. The van der Waals surface area contributed by atoms with E-state index in [0.29, 0.717) is 24.3 Å². The first-order valence-electron chi connectivity index (χ1n) is 7.13. The van der Waals surface area contributed by atoms with E-state index in [0.717, 1.165) is 5.56 Å². The highest BCUT2D eigenvalue weighted by atomic mass is 16.6. The van der Waals surface area contributed by atoms with E-state index in [-0.39, 0.29) is 11.7 Å². The number of anilines is 1. The molecule has 0 radical (unpaired) electrons. The van der Waals surface area contributed by atoms with Crippen LogP contribution in [0.4, 0.5) is 5.69 Å². The van der Waals surface area contributed by atoms with Gasteiger partial charge in [0.2, 0.25) is 5.91 Å². The first-order chi connectivity index (χ1) is 11.1. The Labute approximate surface area is 134 Å². The molecule has 2 aromatic rings. The third-order valence-corrected chi connectivity index (χ3v) is 3.17. The molecular weight excluding hydrogens is 297 g/mol. The molecule has 0 fully saturated rings. The Balaban J connectivity index is 1.97. The molecule has 7 heteroatoms. The van der Waals surface area contributed by atoms with Gasteiger partial charge in [0.25, 0.3) is 0 Å². The van der Waals surface area contributed by atoms with Crippen LogP contribution in [-0.4, -0.2) is 30.4 Å². The minimum atomic E-state index is -1.91. The van der Waals surface area contributed by atoms with Gasteiger partial charge in [0.15, 0.2) is 0 Å². The minimum absolute atomic E-state index is 0.136. The molecule has 0 atom stereocenters. The largest absolute Gasteiger partial charge is 0.707 e. The van der Waals surface area contributed by atoms with Crippen LogP contribution in [0.1, 0.15) is 12.0 Å². The number of carbonyl (C=O) groups excluding carboxylic acids is 1. The van der Waals surface area contributed by atoms with Gasteiger partial charge < -0.3 is 24.8 Å². The fraction of sp³-hybridized carbons (Fsp3) is 0.188. The van der Waals surface area contributed by atoms with Crippen molar-refractivity contribution >= 4 is 18.9 Å². The summed E-state index contributed by atoms with van der Waals surface area (Å²) in [5, 5.41) is 20.3. The molecule has 0 spiro atoms. The lowest BCUT2D eigenvalue weighted by molar-refractivity contribution is -0.116. The fourth-order valence-electron chi connectivity index (χ4n) is 2.09. The van der Waals surface area contributed by atoms with Crippen LogP contribution in [0, 0.1) is 0 Å². The topological polar surface area (TPSA) is 88.0 Å². The van der Waals surface area contributed by atoms with Crippen LogP contribution in [0.5, 0.6) is 11.5 Å². The molecule has 23 heavy (non-hydrogen) atoms. The number of benzene rings is 2. The summed E-state index contributed by atoms with van der Waals surface area (Å²) in [6.45, 7) is 0. The van der Waals surface area contributed by atoms with Gasteiger partial charge in [-0.15, -0.1) is 0 Å². The van der Waals surface area contributed by atoms with Gasteiger partial charge in [0, 0.05) is 12.5 Å². The lowest BCUT2D eigenvalue weighted by Gasteiger charge is -2.12. The van der Waals surface area contributed by atoms with E-state index in [4.69, 9.17) is 19.4 Å². The molecular formula is C16H18BNO5. The predicted octanol–water partition coefficient (Wildman–Crippen LogP) is 1.61. The first kappa shape index (κ1) is 16.9. The Bertz CT molecular complexity index is 648. The highest BCUT2D eigenvalue weighted by molar-refractivity contribution is 6.33. The smallest absolute Gasteiger partial charge is 0.512 e. The predicted molar refractivity (Wildman–Crippen MR) is 87.2 cm³/mol. The van der Waals surface area contributed by atoms with E-state index in [2.05, 4.69) is 5.32 Å². The number of amides is 1. The van der Waals surface area contributed by atoms with Crippen LogP contribution in [0.2, 0.25) is 0 Å². The molecule has 3 N–H and O–H groups in total. The molecule has 0 bridgehead atoms. The van der Waals surface area contributed by atoms with E-state index in [9.17, 15) is 4.79 Å². The molecule has 120 valence electrons. The summed E-state index contributed by atoms with van der Waals surface area (Å²) < 4.78 is 9.91. The van der Waals surface area contributed by atoms with E-state index in [1.807, 2.05) is 30.3 Å². The van der Waals surface area contributed by atoms with Gasteiger partial charge in [-0.3, -0.25) is 4.79 Å². The highest BCUT2D eigenvalue weighted by Gasteiger charge is 2.14. The Morgan fingerprint density at radius 2 is 1.91 bits per heavy atom. The molecule has 0 aliphatic rings. The van der Waals surface area contributed by atoms with Crippen LogP contribution in [0.25, 0.3) is 0 Å². The number of aryl methyl sites for hydroxylation is 1. The zero-order chi connectivity index (χ0) is 16.7. The maximum Gasteiger partial charge on any atom is 0.707 e. The van der Waals surface area contributed by atoms with Gasteiger partial charge in [-0.2, -0.15) is 0 Å². The van der Waals surface area contributed by atoms with Crippen LogP contribution >= 0.6 is 0 Å². The summed E-state index contributed by atoms with van der Waals surface area (Å²) in [5.74, 6) is 0.457. The molecule has 0 aliphatic heterocycles. The quantitative estimate of drug-likeness (QED) is 0.676. The standard InChI is InChI=1S/C16H18BNO5/c1-22-15-11-13(23-17(20)21)8-9-14(15)18-16(19)10-7-12-5-3-2-4-6-12/h2-6,8-9,11,20-21H,7,10H2,1H3,(H,18,19). The first-order valence-corrected chi connectivity index (χ1v) is 7.13. The van der Waals surface area contributed by atoms with Crippen LogP contribution in [0.15, 0.2) is 48.5 Å². The van der Waals surface area contributed by atoms with Gasteiger partial charge in [0.05, 0.1) is 12.8 Å². The van der Waals surface area contributed by atoms with Crippen molar-refractivity contribution in [2.45, 2.75) is 12.8 Å². The molecule has 0 aliphatic carbocycles. The summed E-state index contributed by atoms with van der Waals surface area (Å²) in [7, 11) is -0.459. The highest BCUT2D eigenvalue weighted by Crippen LogP contribution is 2.29. The zero-order valence-corrected chi connectivity index (χ0v) is 12.7. The fourth-order valence-corrected chi connectivity index (χ4v) is 2.09. The van der Waals surface area contributed by atoms with E-state index in [1.165, 1.54) is 19.2 Å². The maximum atomic E-state index is 12.0. The number of rotatable bonds is 7. The van der Waals surface area contributed by atoms with Gasteiger partial charge in [-0.05, 0) is 24.1 Å². The number of ether oxygens (including phenoxy) is 1. The van der Waals surface area contributed by atoms with Crippen molar-refractivity contribution in [2.75, 3.05) is 12.4 Å². The van der Waals surface area contributed by atoms with Crippen LogP contribution in [0.3, 0.4) is 0 Å². The molecule has 0 saturated carbocycles. The summed E-state index contributed by atoms with van der Waals surface area (Å²) in [5.41, 5.74) is 1.58. The third kappa shape index (κ3) is 5.32. The van der Waals surface area contributed by atoms with Crippen molar-refractivity contribution in [2.24, 2.45) is 0 Å². The van der Waals surface area contributed by atoms with Crippen molar-refractivity contribution in [3.05, 3.63) is 54.1 Å². The van der Waals surface area contributed by atoms with Gasteiger partial charge in [0.1, 0.15) is 11.5 Å². The van der Waals surface area contributed by atoms with Gasteiger partial charge in [-0.25, -0.2) is 0 Å². The third-order valence-electron chi connectivity index (χ3n) is 3.17.